The van der Waals surface area contributed by atoms with Crippen molar-refractivity contribution in [2.45, 2.75) is 12.8 Å². The first-order valence-corrected chi connectivity index (χ1v) is 4.35. The second-order valence-corrected chi connectivity index (χ2v) is 3.15. The molecule has 1 aromatic carbocycles. The highest BCUT2D eigenvalue weighted by molar-refractivity contribution is 5.87. The molecule has 0 atom stereocenters. The van der Waals surface area contributed by atoms with Crippen molar-refractivity contribution < 1.29 is 9.90 Å². The number of anilines is 1. The normalized spacial score (nSPS) is 15.2. The first-order chi connectivity index (χ1) is 6.29. The van der Waals surface area contributed by atoms with Crippen LogP contribution in [0.4, 0.5) is 10.5 Å². The van der Waals surface area contributed by atoms with E-state index in [1.165, 1.54) is 4.90 Å². The Balaban J connectivity index is 2.42. The minimum Gasteiger partial charge on any atom is -0.275 e. The van der Waals surface area contributed by atoms with Crippen LogP contribution in [0.1, 0.15) is 12.0 Å². The molecule has 3 heteroatoms. The summed E-state index contributed by atoms with van der Waals surface area (Å²) >= 11 is 0. The molecule has 0 saturated carbocycles. The molecule has 0 spiro atoms. The Morgan fingerprint density at radius 2 is 2.08 bits per heavy atom. The largest absolute Gasteiger partial charge is 0.457 e. The van der Waals surface area contributed by atoms with Gasteiger partial charge in [-0.2, -0.15) is 0 Å². The number of benzene rings is 1. The lowest BCUT2D eigenvalue weighted by atomic mass is 10.0. The first-order valence-electron chi connectivity index (χ1n) is 4.35. The fourth-order valence-corrected chi connectivity index (χ4v) is 1.72. The van der Waals surface area contributed by atoms with Crippen LogP contribution in [0.15, 0.2) is 24.3 Å². The summed E-state index contributed by atoms with van der Waals surface area (Å²) in [7, 11) is 0. The lowest BCUT2D eigenvalue weighted by molar-refractivity contribution is 0.176. The van der Waals surface area contributed by atoms with Crippen molar-refractivity contribution in [2.75, 3.05) is 11.4 Å². The maximum Gasteiger partial charge on any atom is 0.457 e. The third kappa shape index (κ3) is 1.37. The van der Waals surface area contributed by atoms with Crippen LogP contribution in [0.2, 0.25) is 0 Å². The monoisotopic (exact) mass is 176 g/mol. The van der Waals surface area contributed by atoms with Gasteiger partial charge in [0.25, 0.3) is 0 Å². The fourth-order valence-electron chi connectivity index (χ4n) is 1.72. The van der Waals surface area contributed by atoms with Crippen LogP contribution in [0, 0.1) is 0 Å². The number of aryl methyl sites for hydroxylation is 1. The summed E-state index contributed by atoms with van der Waals surface area (Å²) in [5, 5.41) is 10.7. The first kappa shape index (κ1) is 8.10. The average molecular weight is 176 g/mol. The lowest BCUT2D eigenvalue weighted by Gasteiger charge is -2.25. The van der Waals surface area contributed by atoms with E-state index < -0.39 is 6.09 Å². The minimum atomic E-state index is -1.10. The van der Waals surface area contributed by atoms with E-state index in [0.29, 0.717) is 6.54 Å². The molecule has 0 bridgehead atoms. The molecule has 1 amide bonds. The summed E-state index contributed by atoms with van der Waals surface area (Å²) in [6.07, 6.45) is 0.734. The molecule has 0 unspecified atom stereocenters. The Morgan fingerprint density at radius 1 is 1.31 bits per heavy atom. The molecular formula is C10H10NO2. The molecule has 13 heavy (non-hydrogen) atoms. The van der Waals surface area contributed by atoms with Gasteiger partial charge in [0.1, 0.15) is 0 Å². The zero-order valence-corrected chi connectivity index (χ0v) is 7.19. The van der Waals surface area contributed by atoms with Gasteiger partial charge in [0.15, 0.2) is 0 Å². The quantitative estimate of drug-likeness (QED) is 0.595. The number of hydrogen-bond acceptors (Lipinski definition) is 1. The average Bonchev–Trinajstić information content (AvgIpc) is 2.17. The van der Waals surface area contributed by atoms with Crippen LogP contribution >= 0.6 is 0 Å². The van der Waals surface area contributed by atoms with Crippen LogP contribution < -0.4 is 4.90 Å². The van der Waals surface area contributed by atoms with Gasteiger partial charge in [0.2, 0.25) is 0 Å². The van der Waals surface area contributed by atoms with Crippen molar-refractivity contribution in [2.24, 2.45) is 0 Å². The fraction of sp³-hybridized carbons (Fsp3) is 0.300. The van der Waals surface area contributed by atoms with Gasteiger partial charge >= 0.3 is 6.09 Å². The number of hydrogen-bond donors (Lipinski definition) is 0. The van der Waals surface area contributed by atoms with E-state index in [2.05, 4.69) is 0 Å². The van der Waals surface area contributed by atoms with Crippen molar-refractivity contribution in [3.8, 4) is 0 Å². The van der Waals surface area contributed by atoms with Crippen molar-refractivity contribution in [3.63, 3.8) is 0 Å². The Kier molecular flexibility index (Phi) is 1.93. The molecule has 1 aromatic rings. The number of fused-ring (bicyclic) bond motifs is 1. The van der Waals surface area contributed by atoms with Crippen molar-refractivity contribution >= 4 is 11.8 Å². The molecule has 0 aromatic heterocycles. The second kappa shape index (κ2) is 3.09. The molecule has 0 aliphatic carbocycles. The molecule has 1 heterocycles. The standard InChI is InChI=1S/C10H10NO2/c12-10(13)11-7-3-5-8-4-1-2-6-9(8)11/h1-2,4,6H,3,5,7H2. The van der Waals surface area contributed by atoms with Crippen LogP contribution in [0.25, 0.3) is 0 Å². The highest BCUT2D eigenvalue weighted by Gasteiger charge is 2.21. The summed E-state index contributed by atoms with van der Waals surface area (Å²) in [5.74, 6) is 0. The topological polar surface area (TPSA) is 40.2 Å². The number of amides is 1. The van der Waals surface area contributed by atoms with Crippen molar-refractivity contribution in [3.05, 3.63) is 29.8 Å². The van der Waals surface area contributed by atoms with Crippen LogP contribution in [-0.4, -0.2) is 12.6 Å². The summed E-state index contributed by atoms with van der Waals surface area (Å²) in [5.41, 5.74) is 1.88. The van der Waals surface area contributed by atoms with E-state index in [1.807, 2.05) is 24.3 Å². The zero-order chi connectivity index (χ0) is 9.26. The van der Waals surface area contributed by atoms with Gasteiger partial charge in [-0.25, -0.2) is 9.90 Å². The Hall–Kier alpha value is -1.51. The van der Waals surface area contributed by atoms with Gasteiger partial charge in [-0.1, -0.05) is 18.2 Å². The van der Waals surface area contributed by atoms with E-state index in [0.717, 1.165) is 24.1 Å². The molecule has 2 rings (SSSR count). The lowest BCUT2D eigenvalue weighted by Crippen LogP contribution is -2.33. The molecule has 3 nitrogen and oxygen atoms in total. The van der Waals surface area contributed by atoms with Gasteiger partial charge in [0.05, 0.1) is 5.69 Å². The van der Waals surface area contributed by atoms with Crippen LogP contribution in [0.3, 0.4) is 0 Å². The van der Waals surface area contributed by atoms with E-state index in [9.17, 15) is 9.90 Å². The summed E-state index contributed by atoms with van der Waals surface area (Å²) in [4.78, 5) is 12.0. The number of rotatable bonds is 0. The molecule has 0 saturated heterocycles. The summed E-state index contributed by atoms with van der Waals surface area (Å²) in [6.45, 7) is 0.555. The Morgan fingerprint density at radius 3 is 2.85 bits per heavy atom. The molecular weight excluding hydrogens is 166 g/mol. The van der Waals surface area contributed by atoms with Gasteiger partial charge in [-0.15, -0.1) is 0 Å². The Bertz CT molecular complexity index is 335. The zero-order valence-electron chi connectivity index (χ0n) is 7.19. The van der Waals surface area contributed by atoms with E-state index >= 15 is 0 Å². The minimum absolute atomic E-state index is 0.555. The predicted molar refractivity (Wildman–Crippen MR) is 48.2 cm³/mol. The maximum absolute atomic E-state index is 10.7. The highest BCUT2D eigenvalue weighted by atomic mass is 16.4. The summed E-state index contributed by atoms with van der Waals surface area (Å²) in [6, 6.07) is 7.56. The summed E-state index contributed by atoms with van der Waals surface area (Å²) < 4.78 is 0. The molecule has 1 aliphatic rings. The van der Waals surface area contributed by atoms with Gasteiger partial charge in [0, 0.05) is 6.54 Å². The van der Waals surface area contributed by atoms with Gasteiger partial charge in [-0.05, 0) is 24.5 Å². The van der Waals surface area contributed by atoms with Crippen LogP contribution in [-0.2, 0) is 11.5 Å². The number of nitrogens with zero attached hydrogens (tertiary/aromatic N) is 1. The number of carbonyl (C=O) groups is 1. The van der Waals surface area contributed by atoms with E-state index in [-0.39, 0.29) is 0 Å². The van der Waals surface area contributed by atoms with Crippen molar-refractivity contribution in [1.82, 2.24) is 0 Å². The molecule has 67 valence electrons. The van der Waals surface area contributed by atoms with Gasteiger partial charge < -0.3 is 0 Å². The molecule has 1 radical (unpaired) electrons. The van der Waals surface area contributed by atoms with Crippen LogP contribution in [0.5, 0.6) is 0 Å². The smallest absolute Gasteiger partial charge is 0.275 e. The highest BCUT2D eigenvalue weighted by Crippen LogP contribution is 2.26. The Labute approximate surface area is 76.6 Å². The number of para-hydroxylation sites is 1. The third-order valence-electron chi connectivity index (χ3n) is 2.33. The van der Waals surface area contributed by atoms with E-state index in [4.69, 9.17) is 0 Å². The third-order valence-corrected chi connectivity index (χ3v) is 2.33. The van der Waals surface area contributed by atoms with Crippen molar-refractivity contribution in [1.29, 1.82) is 0 Å². The molecule has 1 aliphatic heterocycles. The van der Waals surface area contributed by atoms with E-state index in [1.54, 1.807) is 0 Å². The SMILES string of the molecule is [O]C(=O)N1CCCc2ccccc21. The second-order valence-electron chi connectivity index (χ2n) is 3.15. The molecule has 0 fully saturated rings. The maximum atomic E-state index is 10.7. The van der Waals surface area contributed by atoms with Gasteiger partial charge in [-0.3, -0.25) is 4.90 Å². The predicted octanol–water partition coefficient (Wildman–Crippen LogP) is 1.99. The number of carbonyl (C=O) groups excluding carboxylic acids is 1. The molecule has 0 N–H and O–H groups in total.